The fourth-order valence-electron chi connectivity index (χ4n) is 0.920. The molecule has 5 heteroatoms. The fraction of sp³-hybridized carbons (Fsp3) is 0.222. The van der Waals surface area contributed by atoms with Gasteiger partial charge in [0.2, 0.25) is 0 Å². The van der Waals surface area contributed by atoms with Crippen LogP contribution in [0.2, 0.25) is 0 Å². The summed E-state index contributed by atoms with van der Waals surface area (Å²) >= 11 is 3.20. The molecule has 0 saturated heterocycles. The van der Waals surface area contributed by atoms with Gasteiger partial charge in [-0.1, -0.05) is 0 Å². The number of benzene rings is 1. The van der Waals surface area contributed by atoms with E-state index in [1.54, 1.807) is 6.92 Å². The highest BCUT2D eigenvalue weighted by Gasteiger charge is 2.04. The largest absolute Gasteiger partial charge is 0.338 e. The third kappa shape index (κ3) is 2.99. The first-order valence-electron chi connectivity index (χ1n) is 4.13. The van der Waals surface area contributed by atoms with Crippen LogP contribution in [0.25, 0.3) is 0 Å². The summed E-state index contributed by atoms with van der Waals surface area (Å²) in [6.45, 7) is 2.33. The molecule has 2 N–H and O–H groups in total. The van der Waals surface area contributed by atoms with E-state index in [0.717, 1.165) is 0 Å². The zero-order valence-electron chi connectivity index (χ0n) is 7.60. The van der Waals surface area contributed by atoms with Crippen LogP contribution in [0.5, 0.6) is 0 Å². The van der Waals surface area contributed by atoms with E-state index >= 15 is 0 Å². The van der Waals surface area contributed by atoms with Crippen LogP contribution in [-0.2, 0) is 0 Å². The number of carbonyl (C=O) groups is 1. The molecule has 76 valence electrons. The van der Waals surface area contributed by atoms with Gasteiger partial charge in [-0.15, -0.1) is 0 Å². The van der Waals surface area contributed by atoms with Crippen LogP contribution in [-0.4, -0.2) is 12.6 Å². The van der Waals surface area contributed by atoms with Crippen molar-refractivity contribution < 1.29 is 9.18 Å². The summed E-state index contributed by atoms with van der Waals surface area (Å²) in [6, 6.07) is 3.75. The molecule has 0 atom stereocenters. The fourth-order valence-corrected chi connectivity index (χ4v) is 1.27. The molecule has 1 rings (SSSR count). The Morgan fingerprint density at radius 1 is 1.57 bits per heavy atom. The molecule has 0 aliphatic heterocycles. The second-order valence-electron chi connectivity index (χ2n) is 2.61. The van der Waals surface area contributed by atoms with Gasteiger partial charge in [-0.3, -0.25) is 0 Å². The number of urea groups is 1. The summed E-state index contributed by atoms with van der Waals surface area (Å²) in [6.07, 6.45) is 0. The lowest BCUT2D eigenvalue weighted by Gasteiger charge is -2.07. The Balaban J connectivity index is 2.75. The Morgan fingerprint density at radius 2 is 2.29 bits per heavy atom. The van der Waals surface area contributed by atoms with Crippen molar-refractivity contribution in [3.05, 3.63) is 28.5 Å². The minimum absolute atomic E-state index is 0.348. The summed E-state index contributed by atoms with van der Waals surface area (Å²) in [7, 11) is 0. The van der Waals surface area contributed by atoms with Crippen LogP contribution < -0.4 is 10.6 Å². The maximum atomic E-state index is 12.8. The second-order valence-corrected chi connectivity index (χ2v) is 3.46. The van der Waals surface area contributed by atoms with Gasteiger partial charge in [0.15, 0.2) is 0 Å². The van der Waals surface area contributed by atoms with Crippen molar-refractivity contribution >= 4 is 27.6 Å². The van der Waals surface area contributed by atoms with Gasteiger partial charge >= 0.3 is 6.03 Å². The van der Waals surface area contributed by atoms with Crippen molar-refractivity contribution in [2.45, 2.75) is 6.92 Å². The van der Waals surface area contributed by atoms with Crippen LogP contribution in [0.3, 0.4) is 0 Å². The summed E-state index contributed by atoms with van der Waals surface area (Å²) in [5.41, 5.74) is 0.413. The van der Waals surface area contributed by atoms with Gasteiger partial charge in [-0.25, -0.2) is 9.18 Å². The molecule has 1 aromatic carbocycles. The molecule has 2 amide bonds. The maximum absolute atomic E-state index is 12.8. The third-order valence-corrected chi connectivity index (χ3v) is 2.21. The van der Waals surface area contributed by atoms with Crippen LogP contribution in [0, 0.1) is 5.82 Å². The predicted octanol–water partition coefficient (Wildman–Crippen LogP) is 2.73. The van der Waals surface area contributed by atoms with Crippen molar-refractivity contribution in [2.75, 3.05) is 11.9 Å². The Labute approximate surface area is 89.8 Å². The number of amides is 2. The molecule has 0 heterocycles. The van der Waals surface area contributed by atoms with E-state index < -0.39 is 0 Å². The first-order valence-corrected chi connectivity index (χ1v) is 4.92. The molecule has 0 spiro atoms. The van der Waals surface area contributed by atoms with E-state index in [9.17, 15) is 9.18 Å². The van der Waals surface area contributed by atoms with Gasteiger partial charge < -0.3 is 10.6 Å². The van der Waals surface area contributed by atoms with Gasteiger partial charge in [-0.05, 0) is 41.1 Å². The number of rotatable bonds is 2. The van der Waals surface area contributed by atoms with Crippen LogP contribution >= 0.6 is 15.9 Å². The molecule has 14 heavy (non-hydrogen) atoms. The molecule has 0 fully saturated rings. The number of hydrogen-bond donors (Lipinski definition) is 2. The monoisotopic (exact) mass is 260 g/mol. The molecule has 0 saturated carbocycles. The smallest absolute Gasteiger partial charge is 0.319 e. The molecule has 0 aliphatic carbocycles. The topological polar surface area (TPSA) is 41.1 Å². The first-order chi connectivity index (χ1) is 6.63. The predicted molar refractivity (Wildman–Crippen MR) is 56.8 cm³/mol. The number of halogens is 2. The number of hydrogen-bond acceptors (Lipinski definition) is 1. The average molecular weight is 261 g/mol. The number of nitrogens with one attached hydrogen (secondary N) is 2. The van der Waals surface area contributed by atoms with E-state index in [0.29, 0.717) is 16.7 Å². The minimum Gasteiger partial charge on any atom is -0.338 e. The average Bonchev–Trinajstić information content (AvgIpc) is 2.12. The van der Waals surface area contributed by atoms with Crippen molar-refractivity contribution in [3.63, 3.8) is 0 Å². The molecule has 0 aliphatic rings. The maximum Gasteiger partial charge on any atom is 0.319 e. The standard InChI is InChI=1S/C9H10BrFN2O/c1-2-12-9(14)13-8-5-6(11)3-4-7(8)10/h3-5H,2H2,1H3,(H2,12,13,14). The molecule has 0 bridgehead atoms. The van der Waals surface area contributed by atoms with Gasteiger partial charge in [0, 0.05) is 11.0 Å². The highest BCUT2D eigenvalue weighted by atomic mass is 79.9. The second kappa shape index (κ2) is 4.95. The van der Waals surface area contributed by atoms with E-state index in [2.05, 4.69) is 26.6 Å². The van der Waals surface area contributed by atoms with E-state index in [1.165, 1.54) is 18.2 Å². The lowest BCUT2D eigenvalue weighted by molar-refractivity contribution is 0.252. The van der Waals surface area contributed by atoms with Crippen LogP contribution in [0.1, 0.15) is 6.92 Å². The van der Waals surface area contributed by atoms with Gasteiger partial charge in [0.1, 0.15) is 5.82 Å². The molecule has 0 unspecified atom stereocenters. The number of carbonyl (C=O) groups excluding carboxylic acids is 1. The van der Waals surface area contributed by atoms with Crippen molar-refractivity contribution in [3.8, 4) is 0 Å². The summed E-state index contributed by atoms with van der Waals surface area (Å²) in [4.78, 5) is 11.1. The molecule has 1 aromatic rings. The van der Waals surface area contributed by atoms with Gasteiger partial charge in [-0.2, -0.15) is 0 Å². The first kappa shape index (κ1) is 11.0. The lowest BCUT2D eigenvalue weighted by Crippen LogP contribution is -2.28. The summed E-state index contributed by atoms with van der Waals surface area (Å²) in [5, 5.41) is 5.06. The quantitative estimate of drug-likeness (QED) is 0.844. The van der Waals surface area contributed by atoms with Crippen LogP contribution in [0.15, 0.2) is 22.7 Å². The summed E-state index contributed by atoms with van der Waals surface area (Å²) in [5.74, 6) is -0.389. The molecule has 0 radical (unpaired) electrons. The highest BCUT2D eigenvalue weighted by molar-refractivity contribution is 9.10. The normalized spacial score (nSPS) is 9.64. The zero-order chi connectivity index (χ0) is 10.6. The third-order valence-electron chi connectivity index (χ3n) is 1.51. The highest BCUT2D eigenvalue weighted by Crippen LogP contribution is 2.22. The molecule has 0 aromatic heterocycles. The summed E-state index contributed by atoms with van der Waals surface area (Å²) < 4.78 is 13.4. The van der Waals surface area contributed by atoms with Gasteiger partial charge in [0.25, 0.3) is 0 Å². The van der Waals surface area contributed by atoms with Gasteiger partial charge in [0.05, 0.1) is 5.69 Å². The van der Waals surface area contributed by atoms with Crippen molar-refractivity contribution in [1.82, 2.24) is 5.32 Å². The van der Waals surface area contributed by atoms with Crippen molar-refractivity contribution in [1.29, 1.82) is 0 Å². The van der Waals surface area contributed by atoms with E-state index in [-0.39, 0.29) is 11.8 Å². The van der Waals surface area contributed by atoms with E-state index in [4.69, 9.17) is 0 Å². The Bertz CT molecular complexity index is 344. The number of anilines is 1. The Kier molecular flexibility index (Phi) is 3.88. The van der Waals surface area contributed by atoms with E-state index in [1.807, 2.05) is 0 Å². The lowest BCUT2D eigenvalue weighted by atomic mass is 10.3. The molecule has 3 nitrogen and oxygen atoms in total. The SMILES string of the molecule is CCNC(=O)Nc1cc(F)ccc1Br. The van der Waals surface area contributed by atoms with Crippen molar-refractivity contribution in [2.24, 2.45) is 0 Å². The Morgan fingerprint density at radius 3 is 2.93 bits per heavy atom. The molecular weight excluding hydrogens is 251 g/mol. The van der Waals surface area contributed by atoms with Crippen LogP contribution in [0.4, 0.5) is 14.9 Å². The minimum atomic E-state index is -0.389. The Hall–Kier alpha value is -1.10. The molecular formula is C9H10BrFN2O. The zero-order valence-corrected chi connectivity index (χ0v) is 9.19.